The number of aliphatic hydroxyl groups is 1. The molecule has 1 aromatic rings. The van der Waals surface area contributed by atoms with Crippen molar-refractivity contribution in [2.45, 2.75) is 12.3 Å². The van der Waals surface area contributed by atoms with Gasteiger partial charge < -0.3 is 15.2 Å². The van der Waals surface area contributed by atoms with Gasteiger partial charge in [0.05, 0.1) is 6.20 Å². The molecule has 0 bridgehead atoms. The molecule has 0 fully saturated rings. The summed E-state index contributed by atoms with van der Waals surface area (Å²) in [6.07, 6.45) is -2.65. The Morgan fingerprint density at radius 3 is 2.76 bits per heavy atom. The molecule has 0 aliphatic heterocycles. The highest BCUT2D eigenvalue weighted by Crippen LogP contribution is 2.18. The lowest BCUT2D eigenvalue weighted by molar-refractivity contribution is -0.201. The topological polar surface area (TPSA) is 67.3 Å². The average molecular weight is 251 g/mol. The van der Waals surface area contributed by atoms with E-state index < -0.39 is 18.8 Å². The van der Waals surface area contributed by atoms with E-state index in [2.05, 4.69) is 15.3 Å². The van der Waals surface area contributed by atoms with E-state index in [-0.39, 0.29) is 13.2 Å². The summed E-state index contributed by atoms with van der Waals surface area (Å²) < 4.78 is 40.7. The number of rotatable bonds is 6. The molecular weight excluding hydrogens is 239 g/mol. The number of halogens is 3. The molecule has 1 unspecified atom stereocenters. The highest BCUT2D eigenvalue weighted by Gasteiger charge is 2.37. The van der Waals surface area contributed by atoms with Crippen LogP contribution in [-0.2, 0) is 0 Å². The minimum Gasteiger partial charge on any atom is -0.475 e. The maximum Gasteiger partial charge on any atom is 0.415 e. The molecule has 0 saturated carbocycles. The van der Waals surface area contributed by atoms with E-state index in [1.165, 1.54) is 18.6 Å². The molecule has 2 N–H and O–H groups in total. The third-order valence-electron chi connectivity index (χ3n) is 1.78. The van der Waals surface area contributed by atoms with E-state index in [0.29, 0.717) is 5.88 Å². The maximum absolute atomic E-state index is 11.9. The fourth-order valence-electron chi connectivity index (χ4n) is 0.942. The molecule has 0 spiro atoms. The Morgan fingerprint density at radius 2 is 2.18 bits per heavy atom. The minimum absolute atomic E-state index is 0.142. The summed E-state index contributed by atoms with van der Waals surface area (Å²) in [7, 11) is 0. The number of hydrogen-bond acceptors (Lipinski definition) is 5. The van der Waals surface area contributed by atoms with Crippen LogP contribution in [0.2, 0.25) is 0 Å². The molecule has 0 aromatic carbocycles. The number of aliphatic hydroxyl groups excluding tert-OH is 1. The number of ether oxygens (including phenoxy) is 1. The number of hydrogen-bond donors (Lipinski definition) is 2. The first-order chi connectivity index (χ1) is 8.00. The van der Waals surface area contributed by atoms with Gasteiger partial charge in [0.25, 0.3) is 0 Å². The molecule has 0 saturated heterocycles. The predicted molar refractivity (Wildman–Crippen MR) is 52.5 cm³/mol. The van der Waals surface area contributed by atoms with Gasteiger partial charge in [-0.3, -0.25) is 4.98 Å². The Bertz CT molecular complexity index is 321. The summed E-state index contributed by atoms with van der Waals surface area (Å²) in [6.45, 7) is -0.250. The van der Waals surface area contributed by atoms with Crippen molar-refractivity contribution in [3.63, 3.8) is 0 Å². The third-order valence-corrected chi connectivity index (χ3v) is 1.78. The number of aromatic nitrogens is 2. The first kappa shape index (κ1) is 13.7. The second kappa shape index (κ2) is 6.36. The zero-order chi connectivity index (χ0) is 12.7. The standard InChI is InChI=1S/C9H12F3N3O2/c10-9(11,12)7(16)5-14-3-4-17-8-6-13-1-2-15-8/h1-2,6-7,14,16H,3-5H2. The molecule has 96 valence electrons. The fraction of sp³-hybridized carbons (Fsp3) is 0.556. The Labute approximate surface area is 95.6 Å². The molecule has 8 heteroatoms. The SMILES string of the molecule is OC(CNCCOc1cnccn1)C(F)(F)F. The van der Waals surface area contributed by atoms with Crippen molar-refractivity contribution in [1.29, 1.82) is 0 Å². The van der Waals surface area contributed by atoms with E-state index in [0.717, 1.165) is 0 Å². The Balaban J connectivity index is 2.09. The van der Waals surface area contributed by atoms with Gasteiger partial charge in [0.2, 0.25) is 5.88 Å². The van der Waals surface area contributed by atoms with Gasteiger partial charge in [-0.25, -0.2) is 4.98 Å². The van der Waals surface area contributed by atoms with Crippen molar-refractivity contribution in [1.82, 2.24) is 15.3 Å². The van der Waals surface area contributed by atoms with Gasteiger partial charge in [0.1, 0.15) is 6.61 Å². The number of nitrogens with one attached hydrogen (secondary N) is 1. The van der Waals surface area contributed by atoms with Gasteiger partial charge in [-0.1, -0.05) is 0 Å². The van der Waals surface area contributed by atoms with Crippen LogP contribution in [0.15, 0.2) is 18.6 Å². The van der Waals surface area contributed by atoms with Gasteiger partial charge in [-0.05, 0) is 0 Å². The summed E-state index contributed by atoms with van der Waals surface area (Å²) in [5, 5.41) is 11.1. The Kier molecular flexibility index (Phi) is 5.11. The second-order valence-corrected chi connectivity index (χ2v) is 3.15. The van der Waals surface area contributed by atoms with E-state index in [9.17, 15) is 13.2 Å². The lowest BCUT2D eigenvalue weighted by atomic mass is 10.3. The molecule has 0 radical (unpaired) electrons. The lowest BCUT2D eigenvalue weighted by Crippen LogP contribution is -2.39. The van der Waals surface area contributed by atoms with Crippen molar-refractivity contribution in [3.05, 3.63) is 18.6 Å². The molecule has 1 rings (SSSR count). The van der Waals surface area contributed by atoms with E-state index in [4.69, 9.17) is 9.84 Å². The van der Waals surface area contributed by atoms with Crippen LogP contribution in [0.5, 0.6) is 5.88 Å². The quantitative estimate of drug-likeness (QED) is 0.715. The number of alkyl halides is 3. The van der Waals surface area contributed by atoms with Crippen LogP contribution in [0.4, 0.5) is 13.2 Å². The fourth-order valence-corrected chi connectivity index (χ4v) is 0.942. The monoisotopic (exact) mass is 251 g/mol. The number of nitrogens with zero attached hydrogens (tertiary/aromatic N) is 2. The highest BCUT2D eigenvalue weighted by molar-refractivity contribution is 5.00. The van der Waals surface area contributed by atoms with E-state index in [1.807, 2.05) is 0 Å². The van der Waals surface area contributed by atoms with Crippen LogP contribution < -0.4 is 10.1 Å². The molecule has 17 heavy (non-hydrogen) atoms. The Morgan fingerprint density at radius 1 is 1.41 bits per heavy atom. The van der Waals surface area contributed by atoms with E-state index in [1.54, 1.807) is 0 Å². The first-order valence-electron chi connectivity index (χ1n) is 4.84. The normalized spacial score (nSPS) is 13.4. The van der Waals surface area contributed by atoms with Crippen LogP contribution in [0.3, 0.4) is 0 Å². The molecule has 1 heterocycles. The largest absolute Gasteiger partial charge is 0.475 e. The lowest BCUT2D eigenvalue weighted by Gasteiger charge is -2.14. The predicted octanol–water partition coefficient (Wildman–Crippen LogP) is 0.368. The van der Waals surface area contributed by atoms with Gasteiger partial charge >= 0.3 is 6.18 Å². The van der Waals surface area contributed by atoms with Gasteiger partial charge in [0.15, 0.2) is 6.10 Å². The summed E-state index contributed by atoms with van der Waals surface area (Å²) in [4.78, 5) is 7.56. The molecule has 0 amide bonds. The smallest absolute Gasteiger partial charge is 0.415 e. The maximum atomic E-state index is 11.9. The van der Waals surface area contributed by atoms with Crippen molar-refractivity contribution in [3.8, 4) is 5.88 Å². The second-order valence-electron chi connectivity index (χ2n) is 3.15. The minimum atomic E-state index is -4.60. The molecule has 1 atom stereocenters. The molecule has 0 aliphatic rings. The van der Waals surface area contributed by atoms with Crippen molar-refractivity contribution in [2.24, 2.45) is 0 Å². The highest BCUT2D eigenvalue weighted by atomic mass is 19.4. The van der Waals surface area contributed by atoms with Crippen LogP contribution in [-0.4, -0.2) is 47.1 Å². The Hall–Kier alpha value is -1.41. The van der Waals surface area contributed by atoms with Gasteiger partial charge in [0, 0.05) is 25.5 Å². The zero-order valence-corrected chi connectivity index (χ0v) is 8.81. The van der Waals surface area contributed by atoms with Crippen molar-refractivity contribution in [2.75, 3.05) is 19.7 Å². The van der Waals surface area contributed by atoms with Crippen molar-refractivity contribution >= 4 is 0 Å². The summed E-state index contributed by atoms with van der Waals surface area (Å²) >= 11 is 0. The molecular formula is C9H12F3N3O2. The third kappa shape index (κ3) is 5.45. The zero-order valence-electron chi connectivity index (χ0n) is 8.81. The van der Waals surface area contributed by atoms with Gasteiger partial charge in [-0.15, -0.1) is 0 Å². The van der Waals surface area contributed by atoms with E-state index >= 15 is 0 Å². The summed E-state index contributed by atoms with van der Waals surface area (Å²) in [6, 6.07) is 0. The molecule has 1 aromatic heterocycles. The van der Waals surface area contributed by atoms with Crippen LogP contribution in [0, 0.1) is 0 Å². The van der Waals surface area contributed by atoms with Crippen LogP contribution >= 0.6 is 0 Å². The van der Waals surface area contributed by atoms with Crippen LogP contribution in [0.25, 0.3) is 0 Å². The van der Waals surface area contributed by atoms with Crippen LogP contribution in [0.1, 0.15) is 0 Å². The summed E-state index contributed by atoms with van der Waals surface area (Å²) in [5.74, 6) is 0.297. The molecule has 0 aliphatic carbocycles. The average Bonchev–Trinajstić information content (AvgIpc) is 2.28. The first-order valence-corrected chi connectivity index (χ1v) is 4.84. The summed E-state index contributed by atoms with van der Waals surface area (Å²) in [5.41, 5.74) is 0. The van der Waals surface area contributed by atoms with Crippen molar-refractivity contribution < 1.29 is 23.0 Å². The van der Waals surface area contributed by atoms with Gasteiger partial charge in [-0.2, -0.15) is 13.2 Å². The molecule has 5 nitrogen and oxygen atoms in total.